The van der Waals surface area contributed by atoms with Crippen LogP contribution < -0.4 is 9.62 Å². The maximum absolute atomic E-state index is 11.8. The van der Waals surface area contributed by atoms with Gasteiger partial charge in [-0.25, -0.2) is 8.42 Å². The molecule has 5 nitrogen and oxygen atoms in total. The molecule has 0 spiro atoms. The van der Waals surface area contributed by atoms with Gasteiger partial charge in [0, 0.05) is 18.0 Å². The Morgan fingerprint density at radius 3 is 2.43 bits per heavy atom. The average molecular weight is 333 g/mol. The Balaban J connectivity index is 2.65. The number of sulfonamides is 1. The number of nitrogens with zero attached hydrogens (tertiary/aromatic N) is 1. The van der Waals surface area contributed by atoms with E-state index in [0.717, 1.165) is 19.1 Å². The van der Waals surface area contributed by atoms with Crippen LogP contribution in [0.5, 0.6) is 0 Å². The number of hydrogen-bond donors (Lipinski definition) is 1. The highest BCUT2D eigenvalue weighted by Gasteiger charge is 2.17. The zero-order valence-corrected chi connectivity index (χ0v) is 13.9. The summed E-state index contributed by atoms with van der Waals surface area (Å²) in [5, 5.41) is 3.27. The van der Waals surface area contributed by atoms with Crippen LogP contribution in [0.2, 0.25) is 5.02 Å². The van der Waals surface area contributed by atoms with Crippen LogP contribution >= 0.6 is 11.6 Å². The topological polar surface area (TPSA) is 66.5 Å². The lowest BCUT2D eigenvalue weighted by atomic mass is 10.2. The molecule has 0 saturated carbocycles. The monoisotopic (exact) mass is 332 g/mol. The zero-order valence-electron chi connectivity index (χ0n) is 12.3. The summed E-state index contributed by atoms with van der Waals surface area (Å²) in [6.07, 6.45) is 3.39. The molecule has 1 rings (SSSR count). The first kappa shape index (κ1) is 17.8. The van der Waals surface area contributed by atoms with Gasteiger partial charge in [0.25, 0.3) is 0 Å². The summed E-state index contributed by atoms with van der Waals surface area (Å²) in [6, 6.07) is 6.55. The van der Waals surface area contributed by atoms with Gasteiger partial charge in [0.15, 0.2) is 0 Å². The molecule has 1 amide bonds. The molecule has 0 unspecified atom stereocenters. The fourth-order valence-corrected chi connectivity index (χ4v) is 2.87. The Kier molecular flexibility index (Phi) is 6.98. The van der Waals surface area contributed by atoms with Gasteiger partial charge in [-0.15, -0.1) is 0 Å². The van der Waals surface area contributed by atoms with E-state index in [9.17, 15) is 13.2 Å². The lowest BCUT2D eigenvalue weighted by Gasteiger charge is -2.22. The number of rotatable bonds is 8. The molecule has 1 aromatic carbocycles. The van der Waals surface area contributed by atoms with E-state index < -0.39 is 10.0 Å². The van der Waals surface area contributed by atoms with Crippen LogP contribution in [-0.4, -0.2) is 33.7 Å². The number of amides is 1. The van der Waals surface area contributed by atoms with Crippen molar-refractivity contribution in [1.29, 1.82) is 0 Å². The molecule has 0 atom stereocenters. The van der Waals surface area contributed by atoms with E-state index >= 15 is 0 Å². The number of carbonyl (C=O) groups is 1. The van der Waals surface area contributed by atoms with Gasteiger partial charge in [-0.2, -0.15) is 0 Å². The second-order valence-corrected chi connectivity index (χ2v) is 7.11. The highest BCUT2D eigenvalue weighted by atomic mass is 35.5. The number of carbonyl (C=O) groups excluding carboxylic acids is 1. The third kappa shape index (κ3) is 6.35. The minimum absolute atomic E-state index is 0.0543. The molecule has 0 radical (unpaired) electrons. The quantitative estimate of drug-likeness (QED) is 0.795. The standard InChI is InChI=1S/C14H21ClN2O3S/c1-3-4-5-14(18)16-10-11-17(21(2,19)20)13-8-6-12(15)7-9-13/h6-9H,3-5,10-11H2,1-2H3,(H,16,18). The molecule has 0 aliphatic heterocycles. The molecular formula is C14H21ClN2O3S. The van der Waals surface area contributed by atoms with Gasteiger partial charge in [-0.1, -0.05) is 24.9 Å². The van der Waals surface area contributed by atoms with Gasteiger partial charge < -0.3 is 5.32 Å². The van der Waals surface area contributed by atoms with E-state index in [-0.39, 0.29) is 19.0 Å². The molecule has 21 heavy (non-hydrogen) atoms. The fourth-order valence-electron chi connectivity index (χ4n) is 1.82. The summed E-state index contributed by atoms with van der Waals surface area (Å²) in [5.41, 5.74) is 0.532. The van der Waals surface area contributed by atoms with E-state index in [1.807, 2.05) is 6.92 Å². The fraction of sp³-hybridized carbons (Fsp3) is 0.500. The molecule has 1 aromatic rings. The second-order valence-electron chi connectivity index (χ2n) is 4.77. The van der Waals surface area contributed by atoms with Crippen molar-refractivity contribution in [2.24, 2.45) is 0 Å². The van der Waals surface area contributed by atoms with Crippen LogP contribution in [0.25, 0.3) is 0 Å². The van der Waals surface area contributed by atoms with Crippen molar-refractivity contribution in [3.8, 4) is 0 Å². The number of unbranched alkanes of at least 4 members (excludes halogenated alkanes) is 1. The van der Waals surface area contributed by atoms with Gasteiger partial charge in [0.05, 0.1) is 18.5 Å². The molecule has 0 fully saturated rings. The molecule has 7 heteroatoms. The highest BCUT2D eigenvalue weighted by Crippen LogP contribution is 2.19. The zero-order chi connectivity index (χ0) is 15.9. The van der Waals surface area contributed by atoms with E-state index in [0.29, 0.717) is 17.1 Å². The van der Waals surface area contributed by atoms with Crippen molar-refractivity contribution < 1.29 is 13.2 Å². The Bertz CT molecular complexity index is 558. The molecule has 0 bridgehead atoms. The Hall–Kier alpha value is -1.27. The van der Waals surface area contributed by atoms with Crippen LogP contribution in [0.1, 0.15) is 26.2 Å². The normalized spacial score (nSPS) is 11.2. The summed E-state index contributed by atoms with van der Waals surface area (Å²) in [4.78, 5) is 11.5. The predicted octanol–water partition coefficient (Wildman–Crippen LogP) is 2.41. The number of hydrogen-bond acceptors (Lipinski definition) is 3. The molecule has 118 valence electrons. The van der Waals surface area contributed by atoms with Crippen LogP contribution in [-0.2, 0) is 14.8 Å². The van der Waals surface area contributed by atoms with Gasteiger partial charge in [-0.05, 0) is 30.7 Å². The number of anilines is 1. The number of halogens is 1. The summed E-state index contributed by atoms with van der Waals surface area (Å²) >= 11 is 5.80. The van der Waals surface area contributed by atoms with E-state index in [2.05, 4.69) is 5.32 Å². The lowest BCUT2D eigenvalue weighted by Crippen LogP contribution is -2.38. The summed E-state index contributed by atoms with van der Waals surface area (Å²) in [5.74, 6) is -0.0543. The van der Waals surface area contributed by atoms with Crippen molar-refractivity contribution in [3.63, 3.8) is 0 Å². The SMILES string of the molecule is CCCCC(=O)NCCN(c1ccc(Cl)cc1)S(C)(=O)=O. The lowest BCUT2D eigenvalue weighted by molar-refractivity contribution is -0.121. The smallest absolute Gasteiger partial charge is 0.232 e. The first-order valence-electron chi connectivity index (χ1n) is 6.84. The Morgan fingerprint density at radius 2 is 1.90 bits per heavy atom. The largest absolute Gasteiger partial charge is 0.354 e. The second kappa shape index (κ2) is 8.24. The summed E-state index contributed by atoms with van der Waals surface area (Å²) < 4.78 is 24.9. The third-order valence-electron chi connectivity index (χ3n) is 2.91. The van der Waals surface area contributed by atoms with Gasteiger partial charge in [0.1, 0.15) is 0 Å². The highest BCUT2D eigenvalue weighted by molar-refractivity contribution is 7.92. The molecule has 0 aliphatic rings. The number of benzene rings is 1. The Morgan fingerprint density at radius 1 is 1.29 bits per heavy atom. The summed E-state index contributed by atoms with van der Waals surface area (Å²) in [6.45, 7) is 2.48. The molecule has 0 aromatic heterocycles. The van der Waals surface area contributed by atoms with Crippen molar-refractivity contribution in [2.75, 3.05) is 23.7 Å². The van der Waals surface area contributed by atoms with E-state index in [4.69, 9.17) is 11.6 Å². The number of nitrogens with one attached hydrogen (secondary N) is 1. The average Bonchev–Trinajstić information content (AvgIpc) is 2.41. The first-order chi connectivity index (χ1) is 9.84. The van der Waals surface area contributed by atoms with Crippen LogP contribution in [0.3, 0.4) is 0 Å². The van der Waals surface area contributed by atoms with E-state index in [1.54, 1.807) is 24.3 Å². The molecular weight excluding hydrogens is 312 g/mol. The van der Waals surface area contributed by atoms with Crippen molar-refractivity contribution in [3.05, 3.63) is 29.3 Å². The predicted molar refractivity (Wildman–Crippen MR) is 86.2 cm³/mol. The molecule has 0 saturated heterocycles. The third-order valence-corrected chi connectivity index (χ3v) is 4.36. The first-order valence-corrected chi connectivity index (χ1v) is 9.07. The van der Waals surface area contributed by atoms with Crippen LogP contribution in [0, 0.1) is 0 Å². The van der Waals surface area contributed by atoms with Crippen LogP contribution in [0.4, 0.5) is 5.69 Å². The van der Waals surface area contributed by atoms with Crippen molar-refractivity contribution in [2.45, 2.75) is 26.2 Å². The maximum Gasteiger partial charge on any atom is 0.232 e. The molecule has 0 aliphatic carbocycles. The molecule has 1 N–H and O–H groups in total. The summed E-state index contributed by atoms with van der Waals surface area (Å²) in [7, 11) is -3.41. The maximum atomic E-state index is 11.8. The van der Waals surface area contributed by atoms with Gasteiger partial charge in [0.2, 0.25) is 15.9 Å². The van der Waals surface area contributed by atoms with Gasteiger partial charge in [-0.3, -0.25) is 9.10 Å². The van der Waals surface area contributed by atoms with Crippen molar-refractivity contribution in [1.82, 2.24) is 5.32 Å². The molecule has 0 heterocycles. The van der Waals surface area contributed by atoms with E-state index in [1.165, 1.54) is 4.31 Å². The van der Waals surface area contributed by atoms with Gasteiger partial charge >= 0.3 is 0 Å². The Labute approximate surface area is 131 Å². The minimum Gasteiger partial charge on any atom is -0.354 e. The minimum atomic E-state index is -3.41. The van der Waals surface area contributed by atoms with Crippen molar-refractivity contribution >= 4 is 33.2 Å². The van der Waals surface area contributed by atoms with Crippen LogP contribution in [0.15, 0.2) is 24.3 Å².